The number of hydrogen-bond acceptors (Lipinski definition) is 4. The van der Waals surface area contributed by atoms with E-state index in [0.717, 1.165) is 27.6 Å². The molecule has 0 spiro atoms. The normalized spacial score (nSPS) is 10.8. The molecule has 0 fully saturated rings. The average Bonchev–Trinajstić information content (AvgIpc) is 2.99. The highest BCUT2D eigenvalue weighted by Gasteiger charge is 2.18. The molecule has 2 amide bonds. The summed E-state index contributed by atoms with van der Waals surface area (Å²) in [6, 6.07) is 13.6. The van der Waals surface area contributed by atoms with Crippen LogP contribution in [0.3, 0.4) is 0 Å². The molecule has 0 radical (unpaired) electrons. The molecule has 27 heavy (non-hydrogen) atoms. The van der Waals surface area contributed by atoms with Crippen molar-refractivity contribution in [2.75, 3.05) is 12.4 Å². The fraction of sp³-hybridized carbons (Fsp3) is 0.200. The number of benzene rings is 2. The van der Waals surface area contributed by atoms with Crippen LogP contribution < -0.4 is 16.8 Å². The Bertz CT molecular complexity index is 971. The highest BCUT2D eigenvalue weighted by molar-refractivity contribution is 6.11. The smallest absolute Gasteiger partial charge is 0.253 e. The Morgan fingerprint density at radius 3 is 2.37 bits per heavy atom. The molecule has 0 saturated heterocycles. The number of rotatable bonds is 4. The van der Waals surface area contributed by atoms with Crippen LogP contribution in [0.25, 0.3) is 22.0 Å². The lowest BCUT2D eigenvalue weighted by atomic mass is 9.94. The molecule has 142 valence electrons. The maximum absolute atomic E-state index is 11.7. The van der Waals surface area contributed by atoms with Crippen LogP contribution in [0, 0.1) is 0 Å². The van der Waals surface area contributed by atoms with Crippen molar-refractivity contribution in [1.29, 1.82) is 0 Å². The standard InChI is InChI=1S/C19H21N3O2.CH3NO/c1-19(2,24)13-6-4-5-11(9-13)12-7-8-14-15(10-12)22-18(21-3)16(14)17(20)23;2-1-3/h4-10,21-22,24H,1-3H3,(H2,20,23);1H,(H2,2,3). The van der Waals surface area contributed by atoms with Crippen molar-refractivity contribution >= 4 is 29.0 Å². The van der Waals surface area contributed by atoms with Gasteiger partial charge in [0.25, 0.3) is 5.91 Å². The lowest BCUT2D eigenvalue weighted by Gasteiger charge is -2.18. The van der Waals surface area contributed by atoms with Gasteiger partial charge in [-0.1, -0.05) is 30.3 Å². The highest BCUT2D eigenvalue weighted by Crippen LogP contribution is 2.31. The van der Waals surface area contributed by atoms with Gasteiger partial charge in [0.2, 0.25) is 6.41 Å². The van der Waals surface area contributed by atoms with Crippen molar-refractivity contribution in [3.63, 3.8) is 0 Å². The molecule has 0 saturated carbocycles. The van der Waals surface area contributed by atoms with Crippen LogP contribution in [0.15, 0.2) is 42.5 Å². The zero-order valence-electron chi connectivity index (χ0n) is 15.5. The summed E-state index contributed by atoms with van der Waals surface area (Å²) >= 11 is 0. The zero-order valence-corrected chi connectivity index (χ0v) is 15.5. The number of aromatic amines is 1. The molecule has 0 aliphatic carbocycles. The first kappa shape index (κ1) is 20.0. The summed E-state index contributed by atoms with van der Waals surface area (Å²) in [6.07, 6.45) is 0.250. The van der Waals surface area contributed by atoms with Crippen molar-refractivity contribution in [2.45, 2.75) is 19.4 Å². The summed E-state index contributed by atoms with van der Waals surface area (Å²) in [5, 5.41) is 14.0. The van der Waals surface area contributed by atoms with Gasteiger partial charge in [-0.25, -0.2) is 0 Å². The van der Waals surface area contributed by atoms with E-state index in [2.05, 4.69) is 16.0 Å². The Labute approximate surface area is 157 Å². The van der Waals surface area contributed by atoms with Crippen LogP contribution in [-0.2, 0) is 10.4 Å². The van der Waals surface area contributed by atoms with Crippen LogP contribution in [0.5, 0.6) is 0 Å². The molecule has 7 N–H and O–H groups in total. The predicted molar refractivity (Wildman–Crippen MR) is 107 cm³/mol. The van der Waals surface area contributed by atoms with E-state index >= 15 is 0 Å². The predicted octanol–water partition coefficient (Wildman–Crippen LogP) is 2.30. The van der Waals surface area contributed by atoms with Crippen LogP contribution in [0.1, 0.15) is 29.8 Å². The molecule has 3 aromatic rings. The van der Waals surface area contributed by atoms with Gasteiger partial charge in [-0.05, 0) is 42.7 Å². The Kier molecular flexibility index (Phi) is 5.87. The van der Waals surface area contributed by atoms with Gasteiger partial charge in [-0.2, -0.15) is 0 Å². The molecule has 0 aliphatic rings. The number of hydrogen-bond donors (Lipinski definition) is 5. The van der Waals surface area contributed by atoms with E-state index in [4.69, 9.17) is 10.5 Å². The summed E-state index contributed by atoms with van der Waals surface area (Å²) in [5.41, 5.74) is 12.9. The lowest BCUT2D eigenvalue weighted by Crippen LogP contribution is -2.15. The third-order valence-electron chi connectivity index (χ3n) is 4.20. The first-order valence-electron chi connectivity index (χ1n) is 8.34. The molecule has 1 aromatic heterocycles. The number of aliphatic hydroxyl groups is 1. The SMILES string of the molecule is CNc1[nH]c2cc(-c3cccc(C(C)(C)O)c3)ccc2c1C(N)=O.NC=O. The Morgan fingerprint density at radius 1 is 1.19 bits per heavy atom. The number of aromatic nitrogens is 1. The molecule has 0 bridgehead atoms. The van der Waals surface area contributed by atoms with Crippen molar-refractivity contribution in [3.05, 3.63) is 53.6 Å². The number of primary amides is 2. The number of nitrogens with one attached hydrogen (secondary N) is 2. The first-order chi connectivity index (χ1) is 12.7. The van der Waals surface area contributed by atoms with Gasteiger partial charge in [0.1, 0.15) is 5.82 Å². The molecule has 2 aromatic carbocycles. The molecule has 7 nitrogen and oxygen atoms in total. The van der Waals surface area contributed by atoms with Crippen LogP contribution in [0.2, 0.25) is 0 Å². The van der Waals surface area contributed by atoms with Crippen LogP contribution in [-0.4, -0.2) is 29.5 Å². The third-order valence-corrected chi connectivity index (χ3v) is 4.20. The largest absolute Gasteiger partial charge is 0.386 e. The molecule has 7 heteroatoms. The second kappa shape index (κ2) is 7.92. The van der Waals surface area contributed by atoms with E-state index in [1.165, 1.54) is 0 Å². The van der Waals surface area contributed by atoms with E-state index in [0.29, 0.717) is 11.4 Å². The highest BCUT2D eigenvalue weighted by atomic mass is 16.3. The minimum Gasteiger partial charge on any atom is -0.386 e. The van der Waals surface area contributed by atoms with Gasteiger partial charge in [0, 0.05) is 18.0 Å². The summed E-state index contributed by atoms with van der Waals surface area (Å²) in [6.45, 7) is 3.53. The van der Waals surface area contributed by atoms with Crippen LogP contribution >= 0.6 is 0 Å². The van der Waals surface area contributed by atoms with Crippen molar-refractivity contribution in [2.24, 2.45) is 11.5 Å². The minimum atomic E-state index is -0.898. The van der Waals surface area contributed by atoms with Gasteiger partial charge >= 0.3 is 0 Å². The van der Waals surface area contributed by atoms with E-state index in [9.17, 15) is 9.90 Å². The number of nitrogens with two attached hydrogens (primary N) is 2. The molecular weight excluding hydrogens is 344 g/mol. The molecular formula is C20H24N4O3. The zero-order chi connectivity index (χ0) is 20.2. The van der Waals surface area contributed by atoms with E-state index in [1.807, 2.05) is 42.5 Å². The Morgan fingerprint density at radius 2 is 1.81 bits per heavy atom. The van der Waals surface area contributed by atoms with Gasteiger partial charge in [0.15, 0.2) is 0 Å². The second-order valence-corrected chi connectivity index (χ2v) is 6.53. The summed E-state index contributed by atoms with van der Waals surface area (Å²) < 4.78 is 0. The number of fused-ring (bicyclic) bond motifs is 1. The monoisotopic (exact) mass is 368 g/mol. The number of H-pyrrole nitrogens is 1. The fourth-order valence-corrected chi connectivity index (χ4v) is 2.90. The molecule has 1 heterocycles. The maximum Gasteiger partial charge on any atom is 0.253 e. The number of anilines is 1. The molecule has 0 aliphatic heterocycles. The lowest BCUT2D eigenvalue weighted by molar-refractivity contribution is -0.106. The quantitative estimate of drug-likeness (QED) is 0.452. The second-order valence-electron chi connectivity index (χ2n) is 6.53. The maximum atomic E-state index is 11.7. The van der Waals surface area contributed by atoms with Gasteiger partial charge in [0.05, 0.1) is 11.2 Å². The third kappa shape index (κ3) is 4.27. The number of carbonyl (C=O) groups is 2. The van der Waals surface area contributed by atoms with Crippen molar-refractivity contribution in [1.82, 2.24) is 4.98 Å². The Balaban J connectivity index is 0.000000817. The van der Waals surface area contributed by atoms with Gasteiger partial charge in [-0.3, -0.25) is 9.59 Å². The van der Waals surface area contributed by atoms with E-state index in [-0.39, 0.29) is 6.41 Å². The first-order valence-corrected chi connectivity index (χ1v) is 8.34. The van der Waals surface area contributed by atoms with E-state index in [1.54, 1.807) is 20.9 Å². The van der Waals surface area contributed by atoms with Crippen LogP contribution in [0.4, 0.5) is 5.82 Å². The number of amides is 2. The molecule has 0 atom stereocenters. The van der Waals surface area contributed by atoms with Gasteiger partial charge < -0.3 is 26.9 Å². The van der Waals surface area contributed by atoms with Gasteiger partial charge in [-0.15, -0.1) is 0 Å². The summed E-state index contributed by atoms with van der Waals surface area (Å²) in [5.74, 6) is 0.141. The molecule has 0 unspecified atom stereocenters. The van der Waals surface area contributed by atoms with Crippen molar-refractivity contribution in [3.8, 4) is 11.1 Å². The molecule has 3 rings (SSSR count). The number of carbonyl (C=O) groups excluding carboxylic acids is 2. The summed E-state index contributed by atoms with van der Waals surface area (Å²) in [4.78, 5) is 23.5. The average molecular weight is 368 g/mol. The summed E-state index contributed by atoms with van der Waals surface area (Å²) in [7, 11) is 1.74. The fourth-order valence-electron chi connectivity index (χ4n) is 2.90. The minimum absolute atomic E-state index is 0.250. The Hall–Kier alpha value is -3.32. The van der Waals surface area contributed by atoms with Crippen molar-refractivity contribution < 1.29 is 14.7 Å². The topological polar surface area (TPSA) is 134 Å². The van der Waals surface area contributed by atoms with E-state index < -0.39 is 11.5 Å².